The second-order valence-corrected chi connectivity index (χ2v) is 4.69. The maximum Gasteiger partial charge on any atom is 0.323 e. The van der Waals surface area contributed by atoms with Crippen molar-refractivity contribution in [2.24, 2.45) is 0 Å². The summed E-state index contributed by atoms with van der Waals surface area (Å²) >= 11 is 0. The number of hydrogen-bond donors (Lipinski definition) is 2. The molecule has 1 aliphatic rings. The van der Waals surface area contributed by atoms with Crippen LogP contribution in [-0.2, 0) is 9.53 Å². The van der Waals surface area contributed by atoms with Crippen molar-refractivity contribution in [1.82, 2.24) is 10.2 Å². The Morgan fingerprint density at radius 2 is 2.06 bits per heavy atom. The van der Waals surface area contributed by atoms with Crippen LogP contribution >= 0.6 is 0 Å². The lowest BCUT2D eigenvalue weighted by molar-refractivity contribution is -0.138. The number of urea groups is 1. The first-order valence-corrected chi connectivity index (χ1v) is 6.33. The number of hydrogen-bond acceptors (Lipinski definition) is 3. The van der Waals surface area contributed by atoms with Crippen molar-refractivity contribution in [1.29, 1.82) is 0 Å². The van der Waals surface area contributed by atoms with Gasteiger partial charge in [-0.15, -0.1) is 0 Å². The molecule has 0 bridgehead atoms. The third kappa shape index (κ3) is 4.52. The molecule has 1 unspecified atom stereocenters. The summed E-state index contributed by atoms with van der Waals surface area (Å²) in [6.45, 7) is 1.99. The van der Waals surface area contributed by atoms with Gasteiger partial charge in [0.05, 0.1) is 6.10 Å². The van der Waals surface area contributed by atoms with Gasteiger partial charge in [0.2, 0.25) is 0 Å². The molecule has 1 atom stereocenters. The van der Waals surface area contributed by atoms with Crippen LogP contribution in [0.1, 0.15) is 32.6 Å². The highest BCUT2D eigenvalue weighted by Crippen LogP contribution is 2.23. The highest BCUT2D eigenvalue weighted by molar-refractivity contribution is 5.80. The van der Waals surface area contributed by atoms with Crippen molar-refractivity contribution >= 4 is 12.0 Å². The molecule has 0 heterocycles. The van der Waals surface area contributed by atoms with E-state index < -0.39 is 5.97 Å². The Labute approximate surface area is 107 Å². The highest BCUT2D eigenvalue weighted by atomic mass is 16.5. The first kappa shape index (κ1) is 14.8. The van der Waals surface area contributed by atoms with Gasteiger partial charge >= 0.3 is 12.0 Å². The van der Waals surface area contributed by atoms with Gasteiger partial charge in [-0.25, -0.2) is 4.79 Å². The molecule has 1 rings (SSSR count). The van der Waals surface area contributed by atoms with Gasteiger partial charge in [0.25, 0.3) is 0 Å². The Bertz CT molecular complexity index is 290. The number of nitrogens with one attached hydrogen (secondary N) is 1. The highest BCUT2D eigenvalue weighted by Gasteiger charge is 2.28. The lowest BCUT2D eigenvalue weighted by Gasteiger charge is -2.28. The second kappa shape index (κ2) is 7.20. The van der Waals surface area contributed by atoms with Crippen LogP contribution in [0.4, 0.5) is 4.79 Å². The molecule has 0 radical (unpaired) electrons. The number of methoxy groups -OCH3 is 1. The van der Waals surface area contributed by atoms with Crippen LogP contribution in [0.15, 0.2) is 0 Å². The number of carboxylic acids is 1. The first-order valence-electron chi connectivity index (χ1n) is 6.33. The van der Waals surface area contributed by atoms with Crippen LogP contribution in [0.25, 0.3) is 0 Å². The normalized spacial score (nSPS) is 17.4. The van der Waals surface area contributed by atoms with E-state index >= 15 is 0 Å². The lowest BCUT2D eigenvalue weighted by atomic mass is 10.2. The number of ether oxygens (including phenoxy) is 1. The van der Waals surface area contributed by atoms with E-state index in [1.54, 1.807) is 7.11 Å². The van der Waals surface area contributed by atoms with E-state index in [0.29, 0.717) is 6.54 Å². The smallest absolute Gasteiger partial charge is 0.323 e. The van der Waals surface area contributed by atoms with Gasteiger partial charge in [-0.05, 0) is 19.8 Å². The SMILES string of the molecule is COC(C)CNC(=O)N(CC(=O)O)C1CCCC1. The lowest BCUT2D eigenvalue weighted by Crippen LogP contribution is -2.49. The number of nitrogens with zero attached hydrogens (tertiary/aromatic N) is 1. The molecule has 0 aromatic rings. The summed E-state index contributed by atoms with van der Waals surface area (Å²) in [6.07, 6.45) is 3.82. The third-order valence-corrected chi connectivity index (χ3v) is 3.28. The predicted molar refractivity (Wildman–Crippen MR) is 66.5 cm³/mol. The largest absolute Gasteiger partial charge is 0.480 e. The monoisotopic (exact) mass is 258 g/mol. The topological polar surface area (TPSA) is 78.9 Å². The molecule has 0 spiro atoms. The number of carboxylic acid groups (broad SMARTS) is 1. The molecular weight excluding hydrogens is 236 g/mol. The number of carbonyl (C=O) groups is 2. The molecule has 18 heavy (non-hydrogen) atoms. The quantitative estimate of drug-likeness (QED) is 0.746. The van der Waals surface area contributed by atoms with Crippen LogP contribution in [-0.4, -0.2) is 54.4 Å². The van der Waals surface area contributed by atoms with Crippen LogP contribution in [0.5, 0.6) is 0 Å². The van der Waals surface area contributed by atoms with E-state index in [0.717, 1.165) is 25.7 Å². The number of aliphatic carboxylic acids is 1. The Morgan fingerprint density at radius 3 is 2.56 bits per heavy atom. The zero-order valence-electron chi connectivity index (χ0n) is 11.0. The summed E-state index contributed by atoms with van der Waals surface area (Å²) in [5.41, 5.74) is 0. The molecule has 0 aliphatic heterocycles. The van der Waals surface area contributed by atoms with Crippen molar-refractivity contribution in [2.75, 3.05) is 20.2 Å². The minimum Gasteiger partial charge on any atom is -0.480 e. The van der Waals surface area contributed by atoms with Crippen molar-refractivity contribution in [3.63, 3.8) is 0 Å². The predicted octanol–water partition coefficient (Wildman–Crippen LogP) is 1.06. The fraction of sp³-hybridized carbons (Fsp3) is 0.833. The zero-order valence-corrected chi connectivity index (χ0v) is 11.0. The minimum atomic E-state index is -0.975. The molecule has 104 valence electrons. The maximum atomic E-state index is 12.0. The van der Waals surface area contributed by atoms with Crippen molar-refractivity contribution in [3.05, 3.63) is 0 Å². The molecule has 0 aromatic heterocycles. The number of carbonyl (C=O) groups excluding carboxylic acids is 1. The second-order valence-electron chi connectivity index (χ2n) is 4.69. The Balaban J connectivity index is 2.52. The summed E-state index contributed by atoms with van der Waals surface area (Å²) in [6, 6.07) is -0.257. The van der Waals surface area contributed by atoms with Crippen LogP contribution in [0.3, 0.4) is 0 Å². The van der Waals surface area contributed by atoms with Gasteiger partial charge in [0, 0.05) is 19.7 Å². The van der Waals surface area contributed by atoms with Gasteiger partial charge in [-0.3, -0.25) is 4.79 Å². The minimum absolute atomic E-state index is 0.0546. The summed E-state index contributed by atoms with van der Waals surface area (Å²) in [5.74, 6) is -0.975. The number of rotatable bonds is 6. The van der Waals surface area contributed by atoms with E-state index in [1.165, 1.54) is 4.90 Å². The van der Waals surface area contributed by atoms with Gasteiger partial charge in [-0.1, -0.05) is 12.8 Å². The van der Waals surface area contributed by atoms with E-state index in [1.807, 2.05) is 6.92 Å². The molecule has 6 nitrogen and oxygen atoms in total. The van der Waals surface area contributed by atoms with E-state index in [2.05, 4.69) is 5.32 Å². The van der Waals surface area contributed by atoms with Gasteiger partial charge < -0.3 is 20.1 Å². The molecule has 1 fully saturated rings. The van der Waals surface area contributed by atoms with Gasteiger partial charge in [0.15, 0.2) is 0 Å². The first-order chi connectivity index (χ1) is 8.54. The van der Waals surface area contributed by atoms with Gasteiger partial charge in [-0.2, -0.15) is 0 Å². The third-order valence-electron chi connectivity index (χ3n) is 3.28. The summed E-state index contributed by atoms with van der Waals surface area (Å²) in [4.78, 5) is 24.2. The number of amides is 2. The van der Waals surface area contributed by atoms with Gasteiger partial charge in [0.1, 0.15) is 6.54 Å². The molecule has 1 aliphatic carbocycles. The van der Waals surface area contributed by atoms with Crippen LogP contribution < -0.4 is 5.32 Å². The molecule has 2 amide bonds. The van der Waals surface area contributed by atoms with Crippen molar-refractivity contribution in [2.45, 2.75) is 44.8 Å². The summed E-state index contributed by atoms with van der Waals surface area (Å²) < 4.78 is 5.04. The van der Waals surface area contributed by atoms with E-state index in [4.69, 9.17) is 9.84 Å². The zero-order chi connectivity index (χ0) is 13.5. The Kier molecular flexibility index (Phi) is 5.91. The Hall–Kier alpha value is -1.30. The van der Waals surface area contributed by atoms with Crippen molar-refractivity contribution in [3.8, 4) is 0 Å². The Morgan fingerprint density at radius 1 is 1.44 bits per heavy atom. The molecule has 0 aromatic carbocycles. The summed E-state index contributed by atoms with van der Waals surface area (Å²) in [5, 5.41) is 11.6. The average Bonchev–Trinajstić information content (AvgIpc) is 2.85. The van der Waals surface area contributed by atoms with E-state index in [-0.39, 0.29) is 24.7 Å². The van der Waals surface area contributed by atoms with E-state index in [9.17, 15) is 9.59 Å². The van der Waals surface area contributed by atoms with Crippen LogP contribution in [0, 0.1) is 0 Å². The molecule has 1 saturated carbocycles. The van der Waals surface area contributed by atoms with Crippen molar-refractivity contribution < 1.29 is 19.4 Å². The molecule has 6 heteroatoms. The fourth-order valence-electron chi connectivity index (χ4n) is 2.14. The summed E-state index contributed by atoms with van der Waals surface area (Å²) in [7, 11) is 1.57. The molecule has 2 N–H and O–H groups in total. The average molecular weight is 258 g/mol. The molecular formula is C12H22N2O4. The standard InChI is InChI=1S/C12H22N2O4/c1-9(18-2)7-13-12(17)14(8-11(15)16)10-5-3-4-6-10/h9-10H,3-8H2,1-2H3,(H,13,17)(H,15,16). The maximum absolute atomic E-state index is 12.0. The van der Waals surface area contributed by atoms with Crippen LogP contribution in [0.2, 0.25) is 0 Å². The fourth-order valence-corrected chi connectivity index (χ4v) is 2.14. The molecule has 0 saturated heterocycles.